The number of ether oxygens (including phenoxy) is 2. The fourth-order valence-electron chi connectivity index (χ4n) is 5.87. The third-order valence-electron chi connectivity index (χ3n) is 9.22. The van der Waals surface area contributed by atoms with Crippen LogP contribution in [0.1, 0.15) is 49.7 Å². The van der Waals surface area contributed by atoms with Crippen LogP contribution in [0.25, 0.3) is 11.1 Å². The summed E-state index contributed by atoms with van der Waals surface area (Å²) in [7, 11) is -3.27. The van der Waals surface area contributed by atoms with Crippen LogP contribution >= 0.6 is 23.4 Å². The Bertz CT molecular complexity index is 1690. The van der Waals surface area contributed by atoms with E-state index in [0.29, 0.717) is 24.6 Å². The van der Waals surface area contributed by atoms with Gasteiger partial charge < -0.3 is 35.0 Å². The molecule has 11 nitrogen and oxygen atoms in total. The minimum atomic E-state index is -3.27. The van der Waals surface area contributed by atoms with Crippen LogP contribution in [0.3, 0.4) is 0 Å². The number of hydrogen-bond donors (Lipinski definition) is 5. The molecule has 4 atom stereocenters. The van der Waals surface area contributed by atoms with Crippen molar-refractivity contribution in [2.45, 2.75) is 86.1 Å². The van der Waals surface area contributed by atoms with Gasteiger partial charge >= 0.3 is 0 Å². The van der Waals surface area contributed by atoms with Gasteiger partial charge in [0.2, 0.25) is 0 Å². The normalized spacial score (nSPS) is 18.0. The minimum Gasteiger partial charge on any atom is -0.490 e. The van der Waals surface area contributed by atoms with Crippen LogP contribution in [0.5, 0.6) is 5.75 Å². The van der Waals surface area contributed by atoms with Crippen molar-refractivity contribution in [1.82, 2.24) is 9.88 Å². The summed E-state index contributed by atoms with van der Waals surface area (Å²) in [6.45, 7) is 0.0463. The lowest BCUT2D eigenvalue weighted by Crippen LogP contribution is -2.50. The summed E-state index contributed by atoms with van der Waals surface area (Å²) in [5.74, 6) is 1.52. The number of thioether (sulfide) groups is 1. The Kier molecular flexibility index (Phi) is 14.2. The van der Waals surface area contributed by atoms with Crippen molar-refractivity contribution in [3.05, 3.63) is 77.1 Å². The Morgan fingerprint density at radius 2 is 1.75 bits per heavy atom. The standard InChI is InChI=1S/C37H49ClN2O9S2/c1-51(46,47)19-17-40(22-32(42)35(44)36(45)33(43)23-41)16-4-5-18-50-27-10-11-31(38)25(20-27)24-48-37(13-14-37)30-21-39-15-12-28(30)29-6-2-3-7-34(29)49-26-8-9-26/h2-3,6-7,10-12,15,20-21,26,32-33,35-36,41-45H,4-5,8-9,13-14,16-19,22-24H2,1H3. The van der Waals surface area contributed by atoms with Crippen LogP contribution in [0.2, 0.25) is 5.02 Å². The monoisotopic (exact) mass is 764 g/mol. The molecular weight excluding hydrogens is 716 g/mol. The van der Waals surface area contributed by atoms with E-state index in [1.807, 2.05) is 48.7 Å². The van der Waals surface area contributed by atoms with Crippen LogP contribution in [-0.4, -0.2) is 118 Å². The van der Waals surface area contributed by atoms with Crippen molar-refractivity contribution in [2.75, 3.05) is 44.0 Å². The number of aliphatic hydroxyl groups is 5. The van der Waals surface area contributed by atoms with Crippen molar-refractivity contribution >= 4 is 33.2 Å². The van der Waals surface area contributed by atoms with Crippen molar-refractivity contribution in [1.29, 1.82) is 0 Å². The molecule has 51 heavy (non-hydrogen) atoms. The molecule has 1 aromatic heterocycles. The summed E-state index contributed by atoms with van der Waals surface area (Å²) in [5, 5.41) is 50.0. The molecule has 5 rings (SSSR count). The summed E-state index contributed by atoms with van der Waals surface area (Å²) in [5.41, 5.74) is 3.59. The maximum Gasteiger partial charge on any atom is 0.148 e. The SMILES string of the molecule is CS(=O)(=O)CCN(CCCCSc1ccc(Cl)c(COC2(c3cnccc3-c3ccccc3OC3CC3)CC2)c1)CC(O)C(O)C(O)C(O)CO. The largest absolute Gasteiger partial charge is 0.490 e. The molecule has 0 saturated heterocycles. The van der Waals surface area contributed by atoms with Gasteiger partial charge in [-0.2, -0.15) is 0 Å². The average Bonchev–Trinajstić information content (AvgIpc) is 4.07. The number of aromatic nitrogens is 1. The Morgan fingerprint density at radius 3 is 2.45 bits per heavy atom. The number of aliphatic hydroxyl groups excluding tert-OH is 5. The summed E-state index contributed by atoms with van der Waals surface area (Å²) in [6, 6.07) is 16.1. The van der Waals surface area contributed by atoms with E-state index in [-0.39, 0.29) is 24.9 Å². The van der Waals surface area contributed by atoms with Gasteiger partial charge in [0.25, 0.3) is 0 Å². The fourth-order valence-corrected chi connectivity index (χ4v) is 7.61. The van der Waals surface area contributed by atoms with Crippen LogP contribution < -0.4 is 4.74 Å². The number of hydrogen-bond acceptors (Lipinski definition) is 12. The number of sulfone groups is 1. The molecule has 0 amide bonds. The van der Waals surface area contributed by atoms with Crippen molar-refractivity contribution in [2.24, 2.45) is 0 Å². The molecule has 2 aliphatic rings. The molecule has 280 valence electrons. The van der Waals surface area contributed by atoms with E-state index < -0.39 is 46.5 Å². The Morgan fingerprint density at radius 1 is 1.00 bits per heavy atom. The topological polar surface area (TPSA) is 170 Å². The van der Waals surface area contributed by atoms with Gasteiger partial charge in [-0.3, -0.25) is 9.88 Å². The first-order valence-electron chi connectivity index (χ1n) is 17.4. The predicted octanol–water partition coefficient (Wildman–Crippen LogP) is 3.80. The van der Waals surface area contributed by atoms with Gasteiger partial charge in [-0.25, -0.2) is 8.42 Å². The number of halogens is 1. The Labute approximate surface area is 309 Å². The van der Waals surface area contributed by atoms with E-state index in [4.69, 9.17) is 26.2 Å². The summed E-state index contributed by atoms with van der Waals surface area (Å²) >= 11 is 8.31. The van der Waals surface area contributed by atoms with Crippen LogP contribution in [0, 0.1) is 0 Å². The highest BCUT2D eigenvalue weighted by Gasteiger charge is 2.48. The third kappa shape index (κ3) is 11.6. The second-order valence-electron chi connectivity index (χ2n) is 13.6. The lowest BCUT2D eigenvalue weighted by atomic mass is 9.96. The first kappa shape index (κ1) is 39.9. The summed E-state index contributed by atoms with van der Waals surface area (Å²) < 4.78 is 36.5. The zero-order valence-electron chi connectivity index (χ0n) is 28.8. The Balaban J connectivity index is 1.15. The number of unbranched alkanes of at least 4 members (excludes halogenated alkanes) is 1. The van der Waals surface area contributed by atoms with E-state index in [2.05, 4.69) is 11.1 Å². The number of nitrogens with zero attached hydrogens (tertiary/aromatic N) is 2. The highest BCUT2D eigenvalue weighted by molar-refractivity contribution is 7.99. The van der Waals surface area contributed by atoms with Gasteiger partial charge in [0.05, 0.1) is 36.8 Å². The second-order valence-corrected chi connectivity index (χ2v) is 17.4. The smallest absolute Gasteiger partial charge is 0.148 e. The van der Waals surface area contributed by atoms with Crippen molar-refractivity contribution in [3.8, 4) is 16.9 Å². The molecule has 0 bridgehead atoms. The van der Waals surface area contributed by atoms with Gasteiger partial charge in [-0.15, -0.1) is 11.8 Å². The summed E-state index contributed by atoms with van der Waals surface area (Å²) in [6.07, 6.45) is 4.00. The molecule has 4 unspecified atom stereocenters. The predicted molar refractivity (Wildman–Crippen MR) is 198 cm³/mol. The van der Waals surface area contributed by atoms with Crippen LogP contribution in [0.4, 0.5) is 0 Å². The molecule has 3 aromatic rings. The second kappa shape index (κ2) is 18.2. The molecule has 1 heterocycles. The van der Waals surface area contributed by atoms with Crippen LogP contribution in [-0.2, 0) is 26.8 Å². The molecule has 0 radical (unpaired) electrons. The maximum absolute atomic E-state index is 11.8. The van der Waals surface area contributed by atoms with Gasteiger partial charge in [0, 0.05) is 52.8 Å². The van der Waals surface area contributed by atoms with Crippen LogP contribution in [0.15, 0.2) is 65.8 Å². The van der Waals surface area contributed by atoms with Gasteiger partial charge in [0.1, 0.15) is 33.9 Å². The van der Waals surface area contributed by atoms with Crippen molar-refractivity contribution < 1.29 is 43.4 Å². The molecular formula is C37H49ClN2O9S2. The number of pyridine rings is 1. The lowest BCUT2D eigenvalue weighted by Gasteiger charge is -2.30. The lowest BCUT2D eigenvalue weighted by molar-refractivity contribution is -0.119. The molecule has 2 saturated carbocycles. The zero-order valence-corrected chi connectivity index (χ0v) is 31.2. The van der Waals surface area contributed by atoms with Gasteiger partial charge in [-0.05, 0) is 92.3 Å². The maximum atomic E-state index is 11.8. The Hall–Kier alpha value is -2.30. The first-order chi connectivity index (χ1) is 24.4. The number of para-hydroxylation sites is 1. The quantitative estimate of drug-likeness (QED) is 0.0743. The minimum absolute atomic E-state index is 0.109. The fraction of sp³-hybridized carbons (Fsp3) is 0.541. The van der Waals surface area contributed by atoms with Gasteiger partial charge in [0.15, 0.2) is 0 Å². The third-order valence-corrected chi connectivity index (χ3v) is 11.6. The number of rotatable bonds is 22. The molecule has 0 aliphatic heterocycles. The van der Waals surface area contributed by atoms with Crippen molar-refractivity contribution in [3.63, 3.8) is 0 Å². The number of benzene rings is 2. The van der Waals surface area contributed by atoms with E-state index in [1.54, 1.807) is 22.9 Å². The van der Waals surface area contributed by atoms with E-state index in [0.717, 1.165) is 77.0 Å². The molecule has 2 aliphatic carbocycles. The van der Waals surface area contributed by atoms with E-state index >= 15 is 0 Å². The molecule has 5 N–H and O–H groups in total. The molecule has 2 aromatic carbocycles. The average molecular weight is 765 g/mol. The summed E-state index contributed by atoms with van der Waals surface area (Å²) in [4.78, 5) is 7.21. The van der Waals surface area contributed by atoms with E-state index in [9.17, 15) is 28.8 Å². The van der Waals surface area contributed by atoms with Gasteiger partial charge in [-0.1, -0.05) is 29.8 Å². The molecule has 0 spiro atoms. The highest BCUT2D eigenvalue weighted by Crippen LogP contribution is 2.53. The highest BCUT2D eigenvalue weighted by atomic mass is 35.5. The zero-order chi connectivity index (χ0) is 36.6. The molecule has 2 fully saturated rings. The first-order valence-corrected chi connectivity index (χ1v) is 20.8. The molecule has 14 heteroatoms. The van der Waals surface area contributed by atoms with E-state index in [1.165, 1.54) is 0 Å².